The SMILES string of the molecule is Cc1c(N2C(=O)S/C(=C\c3ccc(O)cc3)C2=O)c(=O)n(-c2ccccc2)n1C. The molecule has 4 rings (SSSR count). The molecule has 1 N–H and O–H groups in total. The van der Waals surface area contributed by atoms with Gasteiger partial charge in [-0.25, -0.2) is 9.58 Å². The van der Waals surface area contributed by atoms with Crippen molar-refractivity contribution >= 4 is 34.7 Å². The van der Waals surface area contributed by atoms with E-state index in [4.69, 9.17) is 0 Å². The first kappa shape index (κ1) is 18.8. The maximum absolute atomic E-state index is 13.1. The fraction of sp³-hybridized carbons (Fsp3) is 0.0952. The Balaban J connectivity index is 1.78. The van der Waals surface area contributed by atoms with Crippen LogP contribution in [-0.2, 0) is 11.8 Å². The summed E-state index contributed by atoms with van der Waals surface area (Å²) in [6.07, 6.45) is 1.57. The van der Waals surface area contributed by atoms with E-state index in [0.29, 0.717) is 16.9 Å². The molecule has 2 aromatic carbocycles. The number of amides is 2. The molecule has 29 heavy (non-hydrogen) atoms. The van der Waals surface area contributed by atoms with Gasteiger partial charge in [0.2, 0.25) is 0 Å². The number of phenolic OH excluding ortho intramolecular Hbond substituents is 1. The molecule has 0 radical (unpaired) electrons. The third-order valence-electron chi connectivity index (χ3n) is 4.73. The fourth-order valence-corrected chi connectivity index (χ4v) is 4.02. The van der Waals surface area contributed by atoms with Gasteiger partial charge in [-0.3, -0.25) is 19.1 Å². The van der Waals surface area contributed by atoms with Crippen molar-refractivity contribution in [2.75, 3.05) is 4.90 Å². The minimum Gasteiger partial charge on any atom is -0.508 e. The number of benzene rings is 2. The molecule has 1 aliphatic rings. The smallest absolute Gasteiger partial charge is 0.298 e. The van der Waals surface area contributed by atoms with Crippen molar-refractivity contribution in [3.63, 3.8) is 0 Å². The molecule has 2 heterocycles. The summed E-state index contributed by atoms with van der Waals surface area (Å²) >= 11 is 0.783. The molecule has 1 aromatic heterocycles. The molecule has 0 spiro atoms. The molecule has 7 nitrogen and oxygen atoms in total. The van der Waals surface area contributed by atoms with Crippen LogP contribution in [0.15, 0.2) is 64.3 Å². The number of thioether (sulfide) groups is 1. The minimum absolute atomic E-state index is 0.0490. The van der Waals surface area contributed by atoms with E-state index in [2.05, 4.69) is 0 Å². The number of para-hydroxylation sites is 1. The molecule has 1 aliphatic heterocycles. The zero-order valence-electron chi connectivity index (χ0n) is 15.7. The van der Waals surface area contributed by atoms with Gasteiger partial charge in [0.05, 0.1) is 16.3 Å². The van der Waals surface area contributed by atoms with Gasteiger partial charge in [0, 0.05) is 7.05 Å². The second kappa shape index (κ2) is 7.14. The van der Waals surface area contributed by atoms with Crippen LogP contribution in [0.2, 0.25) is 0 Å². The summed E-state index contributed by atoms with van der Waals surface area (Å²) in [6.45, 7) is 1.70. The van der Waals surface area contributed by atoms with E-state index in [1.54, 1.807) is 49.0 Å². The average Bonchev–Trinajstić information content (AvgIpc) is 3.10. The van der Waals surface area contributed by atoms with Gasteiger partial charge in [-0.2, -0.15) is 0 Å². The lowest BCUT2D eigenvalue weighted by Crippen LogP contribution is -2.33. The Bertz CT molecular complexity index is 1210. The van der Waals surface area contributed by atoms with Crippen molar-refractivity contribution in [3.05, 3.63) is 81.1 Å². The largest absolute Gasteiger partial charge is 0.508 e. The van der Waals surface area contributed by atoms with Gasteiger partial charge < -0.3 is 5.11 Å². The lowest BCUT2D eigenvalue weighted by atomic mass is 10.2. The second-order valence-electron chi connectivity index (χ2n) is 6.52. The lowest BCUT2D eigenvalue weighted by molar-refractivity contribution is -0.113. The zero-order valence-corrected chi connectivity index (χ0v) is 16.5. The number of phenols is 1. The van der Waals surface area contributed by atoms with Gasteiger partial charge in [0.1, 0.15) is 11.4 Å². The number of hydrogen-bond donors (Lipinski definition) is 1. The summed E-state index contributed by atoms with van der Waals surface area (Å²) in [5, 5.41) is 8.87. The maximum atomic E-state index is 13.1. The van der Waals surface area contributed by atoms with E-state index in [-0.39, 0.29) is 16.3 Å². The molecule has 0 aliphatic carbocycles. The van der Waals surface area contributed by atoms with Gasteiger partial charge >= 0.3 is 0 Å². The predicted octanol–water partition coefficient (Wildman–Crippen LogP) is 3.43. The normalized spacial score (nSPS) is 15.5. The van der Waals surface area contributed by atoms with E-state index in [9.17, 15) is 19.5 Å². The molecule has 0 bridgehead atoms. The van der Waals surface area contributed by atoms with Crippen molar-refractivity contribution in [1.29, 1.82) is 0 Å². The number of aromatic hydroxyl groups is 1. The summed E-state index contributed by atoms with van der Waals surface area (Å²) in [4.78, 5) is 39.9. The van der Waals surface area contributed by atoms with Crippen LogP contribution < -0.4 is 10.5 Å². The molecular formula is C21H17N3O4S. The van der Waals surface area contributed by atoms with Crippen LogP contribution in [0, 0.1) is 6.92 Å². The molecule has 3 aromatic rings. The van der Waals surface area contributed by atoms with Crippen LogP contribution in [-0.4, -0.2) is 25.6 Å². The number of hydrogen-bond acceptors (Lipinski definition) is 5. The number of anilines is 1. The van der Waals surface area contributed by atoms with Crippen LogP contribution in [0.1, 0.15) is 11.3 Å². The summed E-state index contributed by atoms with van der Waals surface area (Å²) in [6, 6.07) is 15.3. The summed E-state index contributed by atoms with van der Waals surface area (Å²) in [5.74, 6) is -0.435. The first-order valence-corrected chi connectivity index (χ1v) is 9.61. The van der Waals surface area contributed by atoms with Gasteiger partial charge in [-0.15, -0.1) is 0 Å². The van der Waals surface area contributed by atoms with E-state index >= 15 is 0 Å². The third kappa shape index (κ3) is 3.17. The minimum atomic E-state index is -0.543. The zero-order chi connectivity index (χ0) is 20.7. The Morgan fingerprint density at radius 1 is 0.966 bits per heavy atom. The van der Waals surface area contributed by atoms with Crippen LogP contribution in [0.5, 0.6) is 5.75 Å². The fourth-order valence-electron chi connectivity index (χ4n) is 3.19. The molecule has 1 saturated heterocycles. The number of rotatable bonds is 3. The Morgan fingerprint density at radius 3 is 2.28 bits per heavy atom. The highest BCUT2D eigenvalue weighted by molar-refractivity contribution is 8.19. The number of nitrogens with zero attached hydrogens (tertiary/aromatic N) is 3. The van der Waals surface area contributed by atoms with Gasteiger partial charge in [-0.1, -0.05) is 30.3 Å². The number of carbonyl (C=O) groups is 2. The Labute approximate surface area is 170 Å². The summed E-state index contributed by atoms with van der Waals surface area (Å²) < 4.78 is 3.05. The van der Waals surface area contributed by atoms with Crippen LogP contribution >= 0.6 is 11.8 Å². The van der Waals surface area contributed by atoms with Crippen LogP contribution in [0.4, 0.5) is 10.5 Å². The molecule has 1 fully saturated rings. The summed E-state index contributed by atoms with van der Waals surface area (Å²) in [7, 11) is 1.71. The van der Waals surface area contributed by atoms with Gasteiger partial charge in [-0.05, 0) is 54.6 Å². The maximum Gasteiger partial charge on any atom is 0.298 e. The Hall–Kier alpha value is -3.52. The van der Waals surface area contributed by atoms with E-state index in [1.807, 2.05) is 18.2 Å². The monoisotopic (exact) mass is 407 g/mol. The Kier molecular flexibility index (Phi) is 4.63. The van der Waals surface area contributed by atoms with Crippen LogP contribution in [0.3, 0.4) is 0 Å². The van der Waals surface area contributed by atoms with Gasteiger partial charge in [0.15, 0.2) is 0 Å². The van der Waals surface area contributed by atoms with Gasteiger partial charge in [0.25, 0.3) is 16.7 Å². The molecule has 0 unspecified atom stereocenters. The molecule has 2 amide bonds. The van der Waals surface area contributed by atoms with E-state index < -0.39 is 16.7 Å². The number of imide groups is 1. The Morgan fingerprint density at radius 2 is 1.62 bits per heavy atom. The van der Waals surface area contributed by atoms with Crippen molar-refractivity contribution in [1.82, 2.24) is 9.36 Å². The highest BCUT2D eigenvalue weighted by atomic mass is 32.2. The molecule has 146 valence electrons. The molecule has 8 heteroatoms. The number of aromatic nitrogens is 2. The third-order valence-corrected chi connectivity index (χ3v) is 5.60. The second-order valence-corrected chi connectivity index (χ2v) is 7.51. The quantitative estimate of drug-likeness (QED) is 0.673. The first-order valence-electron chi connectivity index (χ1n) is 8.79. The topological polar surface area (TPSA) is 84.5 Å². The lowest BCUT2D eigenvalue weighted by Gasteiger charge is -2.10. The van der Waals surface area contributed by atoms with Crippen molar-refractivity contribution < 1.29 is 14.7 Å². The first-order chi connectivity index (χ1) is 13.9. The van der Waals surface area contributed by atoms with Crippen molar-refractivity contribution in [2.45, 2.75) is 6.92 Å². The molecule has 0 saturated carbocycles. The number of carbonyl (C=O) groups excluding carboxylic acids is 2. The van der Waals surface area contributed by atoms with Crippen molar-refractivity contribution in [2.24, 2.45) is 7.05 Å². The standard InChI is InChI=1S/C21H17N3O4S/c1-13-18(20(27)24(22(13)2)15-6-4-3-5-7-15)23-19(26)17(29-21(23)28)12-14-8-10-16(25)11-9-14/h3-12,25H,1-2H3/b17-12-. The highest BCUT2D eigenvalue weighted by Gasteiger charge is 2.40. The van der Waals surface area contributed by atoms with E-state index in [0.717, 1.165) is 16.7 Å². The molecular weight excluding hydrogens is 390 g/mol. The van der Waals surface area contributed by atoms with Crippen LogP contribution in [0.25, 0.3) is 11.8 Å². The predicted molar refractivity (Wildman–Crippen MR) is 112 cm³/mol. The highest BCUT2D eigenvalue weighted by Crippen LogP contribution is 2.36. The average molecular weight is 407 g/mol. The summed E-state index contributed by atoms with van der Waals surface area (Å²) in [5.41, 5.74) is 1.42. The molecule has 0 atom stereocenters. The van der Waals surface area contributed by atoms with E-state index in [1.165, 1.54) is 16.8 Å². The van der Waals surface area contributed by atoms with Crippen molar-refractivity contribution in [3.8, 4) is 11.4 Å².